The lowest BCUT2D eigenvalue weighted by molar-refractivity contribution is 0.248. The fraction of sp³-hybridized carbons (Fsp3) is 0.381. The molecule has 0 bridgehead atoms. The minimum Gasteiger partial charge on any atom is -0.331 e. The lowest BCUT2D eigenvalue weighted by Crippen LogP contribution is -2.32. The molecule has 0 aliphatic rings. The maximum absolute atomic E-state index is 12.3. The average molecular weight is 357 g/mol. The first-order valence-electron chi connectivity index (χ1n) is 8.88. The van der Waals surface area contributed by atoms with E-state index in [-0.39, 0.29) is 12.1 Å². The summed E-state index contributed by atoms with van der Waals surface area (Å²) in [7, 11) is 0. The van der Waals surface area contributed by atoms with Gasteiger partial charge in [-0.05, 0) is 54.3 Å². The molecule has 0 saturated heterocycles. The molecule has 2 unspecified atom stereocenters. The van der Waals surface area contributed by atoms with Gasteiger partial charge in [0, 0.05) is 10.6 Å². The number of hydrogen-bond acceptors (Lipinski definition) is 2. The lowest BCUT2D eigenvalue weighted by atomic mass is 9.95. The lowest BCUT2D eigenvalue weighted by Gasteiger charge is -2.19. The fourth-order valence-corrected chi connectivity index (χ4v) is 3.20. The normalized spacial score (nSPS) is 13.1. The zero-order valence-corrected chi connectivity index (χ0v) is 16.3. The first-order valence-corrected chi connectivity index (χ1v) is 10.1. The molecular formula is C21H28N2OS. The standard InChI is InChI=1S/C21H28N2OS/c1-5-15(3)16-10-12-17(13-11-16)20(6-2)23-21(24)22-18-8-7-9-19(14-18)25-4/h7-15,20H,5-6H2,1-4H3,(H2,22,23,24). The van der Waals surface area contributed by atoms with Gasteiger partial charge in [0.15, 0.2) is 0 Å². The number of hydrogen-bond donors (Lipinski definition) is 2. The van der Waals surface area contributed by atoms with Crippen LogP contribution in [0.1, 0.15) is 56.7 Å². The third-order valence-electron chi connectivity index (χ3n) is 4.56. The van der Waals surface area contributed by atoms with Crippen LogP contribution in [0, 0.1) is 0 Å². The molecule has 25 heavy (non-hydrogen) atoms. The Kier molecular flexibility index (Phi) is 7.38. The van der Waals surface area contributed by atoms with E-state index < -0.39 is 0 Å². The van der Waals surface area contributed by atoms with Gasteiger partial charge in [0.2, 0.25) is 0 Å². The molecule has 0 heterocycles. The van der Waals surface area contributed by atoms with E-state index in [1.807, 2.05) is 30.5 Å². The summed E-state index contributed by atoms with van der Waals surface area (Å²) in [5.41, 5.74) is 3.30. The van der Waals surface area contributed by atoms with E-state index in [0.717, 1.165) is 29.0 Å². The van der Waals surface area contributed by atoms with Crippen molar-refractivity contribution in [3.05, 3.63) is 59.7 Å². The smallest absolute Gasteiger partial charge is 0.319 e. The van der Waals surface area contributed by atoms with Gasteiger partial charge in [-0.15, -0.1) is 11.8 Å². The molecule has 3 nitrogen and oxygen atoms in total. The third kappa shape index (κ3) is 5.53. The molecule has 0 spiro atoms. The van der Waals surface area contributed by atoms with E-state index in [1.54, 1.807) is 11.8 Å². The number of rotatable bonds is 7. The summed E-state index contributed by atoms with van der Waals surface area (Å²) in [5, 5.41) is 6.00. The molecule has 2 rings (SSSR count). The number of amides is 2. The second kappa shape index (κ2) is 9.52. The highest BCUT2D eigenvalue weighted by molar-refractivity contribution is 7.98. The van der Waals surface area contributed by atoms with Crippen molar-refractivity contribution in [3.8, 4) is 0 Å². The van der Waals surface area contributed by atoms with Gasteiger partial charge >= 0.3 is 6.03 Å². The average Bonchev–Trinajstić information content (AvgIpc) is 2.65. The van der Waals surface area contributed by atoms with Crippen molar-refractivity contribution >= 4 is 23.5 Å². The highest BCUT2D eigenvalue weighted by atomic mass is 32.2. The molecule has 0 aromatic heterocycles. The van der Waals surface area contributed by atoms with Gasteiger partial charge in [0.25, 0.3) is 0 Å². The Bertz CT molecular complexity index is 685. The number of benzene rings is 2. The minimum absolute atomic E-state index is 0.00900. The largest absolute Gasteiger partial charge is 0.331 e. The number of anilines is 1. The Morgan fingerprint density at radius 3 is 2.32 bits per heavy atom. The molecule has 0 aliphatic carbocycles. The van der Waals surface area contributed by atoms with E-state index >= 15 is 0 Å². The van der Waals surface area contributed by atoms with Crippen LogP contribution in [0.4, 0.5) is 10.5 Å². The van der Waals surface area contributed by atoms with Crippen LogP contribution in [0.15, 0.2) is 53.4 Å². The topological polar surface area (TPSA) is 41.1 Å². The molecular weight excluding hydrogens is 328 g/mol. The summed E-state index contributed by atoms with van der Waals surface area (Å²) in [6.07, 6.45) is 4.00. The van der Waals surface area contributed by atoms with Crippen LogP contribution < -0.4 is 10.6 Å². The van der Waals surface area contributed by atoms with Crippen molar-refractivity contribution in [3.63, 3.8) is 0 Å². The molecule has 2 aromatic rings. The van der Waals surface area contributed by atoms with Crippen LogP contribution in [0.5, 0.6) is 0 Å². The molecule has 134 valence electrons. The van der Waals surface area contributed by atoms with E-state index in [2.05, 4.69) is 55.7 Å². The molecule has 4 heteroatoms. The molecule has 0 aliphatic heterocycles. The number of carbonyl (C=O) groups excluding carboxylic acids is 1. The van der Waals surface area contributed by atoms with E-state index in [9.17, 15) is 4.79 Å². The van der Waals surface area contributed by atoms with E-state index in [1.165, 1.54) is 5.56 Å². The van der Waals surface area contributed by atoms with Gasteiger partial charge in [0.05, 0.1) is 6.04 Å². The number of urea groups is 1. The molecule has 0 fully saturated rings. The van der Waals surface area contributed by atoms with Crippen molar-refractivity contribution in [2.24, 2.45) is 0 Å². The van der Waals surface area contributed by atoms with Crippen LogP contribution in [0.25, 0.3) is 0 Å². The zero-order chi connectivity index (χ0) is 18.2. The molecule has 0 saturated carbocycles. The fourth-order valence-electron chi connectivity index (χ4n) is 2.74. The van der Waals surface area contributed by atoms with Crippen molar-refractivity contribution in [1.82, 2.24) is 5.32 Å². The summed E-state index contributed by atoms with van der Waals surface area (Å²) in [6, 6.07) is 16.3. The zero-order valence-electron chi connectivity index (χ0n) is 15.5. The van der Waals surface area contributed by atoms with Crippen molar-refractivity contribution < 1.29 is 4.79 Å². The molecule has 2 N–H and O–H groups in total. The second-order valence-electron chi connectivity index (χ2n) is 6.27. The number of nitrogens with one attached hydrogen (secondary N) is 2. The highest BCUT2D eigenvalue weighted by Gasteiger charge is 2.13. The summed E-state index contributed by atoms with van der Waals surface area (Å²) < 4.78 is 0. The third-order valence-corrected chi connectivity index (χ3v) is 5.29. The molecule has 2 aromatic carbocycles. The molecule has 2 atom stereocenters. The Labute approximate surface area is 155 Å². The van der Waals surface area contributed by atoms with Crippen LogP contribution >= 0.6 is 11.8 Å². The Morgan fingerprint density at radius 2 is 1.72 bits per heavy atom. The maximum atomic E-state index is 12.3. The summed E-state index contributed by atoms with van der Waals surface area (Å²) in [5.74, 6) is 0.564. The summed E-state index contributed by atoms with van der Waals surface area (Å²) in [6.45, 7) is 6.52. The molecule has 0 radical (unpaired) electrons. The van der Waals surface area contributed by atoms with Crippen LogP contribution in [-0.2, 0) is 0 Å². The maximum Gasteiger partial charge on any atom is 0.319 e. The molecule has 2 amide bonds. The van der Waals surface area contributed by atoms with Crippen LogP contribution in [0.2, 0.25) is 0 Å². The van der Waals surface area contributed by atoms with Crippen LogP contribution in [-0.4, -0.2) is 12.3 Å². The predicted octanol–water partition coefficient (Wildman–Crippen LogP) is 6.19. The monoisotopic (exact) mass is 356 g/mol. The summed E-state index contributed by atoms with van der Waals surface area (Å²) in [4.78, 5) is 13.5. The van der Waals surface area contributed by atoms with E-state index in [4.69, 9.17) is 0 Å². The van der Waals surface area contributed by atoms with Crippen LogP contribution in [0.3, 0.4) is 0 Å². The van der Waals surface area contributed by atoms with Crippen molar-refractivity contribution in [1.29, 1.82) is 0 Å². The summed E-state index contributed by atoms with van der Waals surface area (Å²) >= 11 is 1.66. The first-order chi connectivity index (χ1) is 12.1. The van der Waals surface area contributed by atoms with E-state index in [0.29, 0.717) is 5.92 Å². The van der Waals surface area contributed by atoms with Gasteiger partial charge in [-0.2, -0.15) is 0 Å². The van der Waals surface area contributed by atoms with Crippen molar-refractivity contribution in [2.45, 2.75) is 50.5 Å². The Hall–Kier alpha value is -1.94. The predicted molar refractivity (Wildman–Crippen MR) is 109 cm³/mol. The van der Waals surface area contributed by atoms with Gasteiger partial charge in [0.1, 0.15) is 0 Å². The number of thioether (sulfide) groups is 1. The Morgan fingerprint density at radius 1 is 1.04 bits per heavy atom. The first kappa shape index (κ1) is 19.4. The number of carbonyl (C=O) groups is 1. The van der Waals surface area contributed by atoms with Gasteiger partial charge in [-0.25, -0.2) is 4.79 Å². The van der Waals surface area contributed by atoms with Crippen molar-refractivity contribution in [2.75, 3.05) is 11.6 Å². The van der Waals surface area contributed by atoms with Gasteiger partial charge < -0.3 is 10.6 Å². The highest BCUT2D eigenvalue weighted by Crippen LogP contribution is 2.23. The SMILES string of the molecule is CCC(C)c1ccc(C(CC)NC(=O)Nc2cccc(SC)c2)cc1. The second-order valence-corrected chi connectivity index (χ2v) is 7.15. The van der Waals surface area contributed by atoms with Gasteiger partial charge in [-0.1, -0.05) is 51.1 Å². The van der Waals surface area contributed by atoms with Gasteiger partial charge in [-0.3, -0.25) is 0 Å². The Balaban J connectivity index is 2.01. The quantitative estimate of drug-likeness (QED) is 0.580. The minimum atomic E-state index is -0.170.